The number of aliphatic hydroxyl groups is 3. The van der Waals surface area contributed by atoms with Crippen molar-refractivity contribution in [3.05, 3.63) is 95.6 Å². The summed E-state index contributed by atoms with van der Waals surface area (Å²) in [6.07, 6.45) is 0.889. The van der Waals surface area contributed by atoms with Gasteiger partial charge >= 0.3 is 0 Å². The number of hydrogen-bond donors (Lipinski definition) is 4. The summed E-state index contributed by atoms with van der Waals surface area (Å²) in [5, 5.41) is 30.4. The van der Waals surface area contributed by atoms with Crippen LogP contribution in [0.1, 0.15) is 22.8 Å². The average molecular weight is 533 g/mol. The Kier molecular flexibility index (Phi) is 10.4. The summed E-state index contributed by atoms with van der Waals surface area (Å²) in [4.78, 5) is 14.1. The molecule has 0 aliphatic rings. The molecule has 4 N–H and O–H groups in total. The highest BCUT2D eigenvalue weighted by molar-refractivity contribution is 5.56. The first-order valence-electron chi connectivity index (χ1n) is 12.6. The largest absolute Gasteiger partial charge is 0.491 e. The van der Waals surface area contributed by atoms with Gasteiger partial charge in [0.05, 0.1) is 19.8 Å². The van der Waals surface area contributed by atoms with Gasteiger partial charge in [-0.05, 0) is 47.5 Å². The highest BCUT2D eigenvalue weighted by Crippen LogP contribution is 2.22. The fourth-order valence-electron chi connectivity index (χ4n) is 3.82. The zero-order valence-corrected chi connectivity index (χ0v) is 21.5. The predicted molar refractivity (Wildman–Crippen MR) is 146 cm³/mol. The van der Waals surface area contributed by atoms with Crippen molar-refractivity contribution in [1.82, 2.24) is 15.0 Å². The van der Waals surface area contributed by atoms with Gasteiger partial charge in [0.15, 0.2) is 0 Å². The van der Waals surface area contributed by atoms with Crippen LogP contribution in [-0.4, -0.2) is 69.9 Å². The van der Waals surface area contributed by atoms with E-state index in [0.717, 1.165) is 16.8 Å². The molecule has 4 rings (SSSR count). The van der Waals surface area contributed by atoms with Crippen molar-refractivity contribution in [1.29, 1.82) is 0 Å². The van der Waals surface area contributed by atoms with Gasteiger partial charge in [-0.3, -0.25) is 0 Å². The fraction of sp³-hybridized carbons (Fsp3) is 0.276. The Balaban J connectivity index is 1.60. The normalized spacial score (nSPS) is 10.7. The molecule has 0 spiro atoms. The Hall–Kier alpha value is -4.25. The van der Waals surface area contributed by atoms with Crippen molar-refractivity contribution in [3.8, 4) is 17.2 Å². The van der Waals surface area contributed by atoms with Gasteiger partial charge in [-0.15, -0.1) is 0 Å². The van der Waals surface area contributed by atoms with Gasteiger partial charge in [-0.2, -0.15) is 9.97 Å². The van der Waals surface area contributed by atoms with Gasteiger partial charge < -0.3 is 34.8 Å². The van der Waals surface area contributed by atoms with E-state index in [1.54, 1.807) is 0 Å². The minimum Gasteiger partial charge on any atom is -0.491 e. The van der Waals surface area contributed by atoms with Crippen LogP contribution >= 0.6 is 0 Å². The molecule has 39 heavy (non-hydrogen) atoms. The highest BCUT2D eigenvalue weighted by atomic mass is 16.5. The van der Waals surface area contributed by atoms with Gasteiger partial charge in [-0.1, -0.05) is 30.3 Å². The number of hydrogen-bond acceptors (Lipinski definition) is 10. The lowest BCUT2D eigenvalue weighted by Crippen LogP contribution is -2.09. The van der Waals surface area contributed by atoms with E-state index < -0.39 is 0 Å². The van der Waals surface area contributed by atoms with Crippen LogP contribution < -0.4 is 19.5 Å². The first-order chi connectivity index (χ1) is 19.1. The second-order valence-electron chi connectivity index (χ2n) is 8.51. The van der Waals surface area contributed by atoms with E-state index in [9.17, 15) is 0 Å². The Morgan fingerprint density at radius 1 is 0.564 bits per heavy atom. The number of benzene rings is 3. The van der Waals surface area contributed by atoms with E-state index in [2.05, 4.69) is 15.3 Å². The minimum absolute atomic E-state index is 0.0609. The molecule has 0 unspecified atom stereocenters. The van der Waals surface area contributed by atoms with Crippen LogP contribution in [0.15, 0.2) is 72.8 Å². The molecule has 0 atom stereocenters. The Bertz CT molecular complexity index is 1160. The summed E-state index contributed by atoms with van der Waals surface area (Å²) < 4.78 is 16.6. The second-order valence-corrected chi connectivity index (χ2v) is 8.51. The SMILES string of the molecule is OCCOc1cccc(Cc2nc(Cc3cccc(OCCO)c3)nc(Nc3cccc(OCCO)c3)n2)c1. The lowest BCUT2D eigenvalue weighted by molar-refractivity contribution is 0.201. The van der Waals surface area contributed by atoms with Crippen LogP contribution in [0.2, 0.25) is 0 Å². The Labute approximate surface area is 226 Å². The van der Waals surface area contributed by atoms with Gasteiger partial charge in [0, 0.05) is 24.6 Å². The summed E-state index contributed by atoms with van der Waals surface area (Å²) >= 11 is 0. The zero-order valence-electron chi connectivity index (χ0n) is 21.5. The number of ether oxygens (including phenoxy) is 3. The lowest BCUT2D eigenvalue weighted by Gasteiger charge is -2.12. The standard InChI is InChI=1S/C29H32N4O6/c34-10-13-37-24-7-1-4-21(16-24)18-27-31-28(19-22-5-2-8-25(17-22)38-14-11-35)33-29(32-27)30-23-6-3-9-26(20-23)39-15-12-36/h1-9,16-17,20,34-36H,10-15,18-19H2,(H,30,31,32,33). The summed E-state index contributed by atoms with van der Waals surface area (Å²) in [6.45, 7) is 0.441. The van der Waals surface area contributed by atoms with Crippen molar-refractivity contribution in [3.63, 3.8) is 0 Å². The third-order valence-corrected chi connectivity index (χ3v) is 5.42. The molecule has 0 radical (unpaired) electrons. The smallest absolute Gasteiger partial charge is 0.230 e. The molecule has 10 heteroatoms. The number of nitrogens with zero attached hydrogens (tertiary/aromatic N) is 3. The van der Waals surface area contributed by atoms with Gasteiger partial charge in [0.1, 0.15) is 48.7 Å². The molecule has 10 nitrogen and oxygen atoms in total. The van der Waals surface area contributed by atoms with Crippen LogP contribution in [0.5, 0.6) is 17.2 Å². The molecule has 0 bridgehead atoms. The Morgan fingerprint density at radius 2 is 1.03 bits per heavy atom. The van der Waals surface area contributed by atoms with Crippen LogP contribution in [0.3, 0.4) is 0 Å². The third-order valence-electron chi connectivity index (χ3n) is 5.42. The second kappa shape index (κ2) is 14.6. The van der Waals surface area contributed by atoms with Gasteiger partial charge in [-0.25, -0.2) is 4.98 Å². The Morgan fingerprint density at radius 3 is 1.51 bits per heavy atom. The van der Waals surface area contributed by atoms with E-state index in [1.807, 2.05) is 72.8 Å². The van der Waals surface area contributed by atoms with E-state index >= 15 is 0 Å². The van der Waals surface area contributed by atoms with Crippen LogP contribution in [0.25, 0.3) is 0 Å². The van der Waals surface area contributed by atoms with Crippen molar-refractivity contribution in [2.45, 2.75) is 12.8 Å². The molecule has 0 aliphatic carbocycles. The first kappa shape index (κ1) is 27.8. The summed E-state index contributed by atoms with van der Waals surface area (Å²) in [7, 11) is 0. The molecular weight excluding hydrogens is 500 g/mol. The molecule has 1 heterocycles. The molecule has 1 aromatic heterocycles. The zero-order chi connectivity index (χ0) is 27.3. The van der Waals surface area contributed by atoms with Crippen molar-refractivity contribution in [2.24, 2.45) is 0 Å². The summed E-state index contributed by atoms with van der Waals surface area (Å²) in [5.74, 6) is 3.46. The van der Waals surface area contributed by atoms with Crippen LogP contribution in [-0.2, 0) is 12.8 Å². The number of aromatic nitrogens is 3. The average Bonchev–Trinajstić information content (AvgIpc) is 2.94. The number of anilines is 2. The summed E-state index contributed by atoms with van der Waals surface area (Å²) in [5.41, 5.74) is 2.63. The van der Waals surface area contributed by atoms with E-state index in [1.165, 1.54) is 0 Å². The topological polar surface area (TPSA) is 139 Å². The maximum atomic E-state index is 9.06. The number of aliphatic hydroxyl groups excluding tert-OH is 3. The molecule has 0 amide bonds. The van der Waals surface area contributed by atoms with E-state index in [0.29, 0.717) is 47.7 Å². The third kappa shape index (κ3) is 8.92. The molecule has 4 aromatic rings. The molecular formula is C29H32N4O6. The van der Waals surface area contributed by atoms with Gasteiger partial charge in [0.2, 0.25) is 5.95 Å². The van der Waals surface area contributed by atoms with E-state index in [-0.39, 0.29) is 39.6 Å². The molecule has 0 saturated carbocycles. The predicted octanol–water partition coefficient (Wildman–Crippen LogP) is 2.91. The maximum absolute atomic E-state index is 9.06. The lowest BCUT2D eigenvalue weighted by atomic mass is 10.1. The first-order valence-corrected chi connectivity index (χ1v) is 12.6. The van der Waals surface area contributed by atoms with Crippen LogP contribution in [0, 0.1) is 0 Å². The van der Waals surface area contributed by atoms with Crippen LogP contribution in [0.4, 0.5) is 11.6 Å². The van der Waals surface area contributed by atoms with Gasteiger partial charge in [0.25, 0.3) is 0 Å². The molecule has 0 fully saturated rings. The maximum Gasteiger partial charge on any atom is 0.230 e. The minimum atomic E-state index is -0.0731. The molecule has 0 aliphatic heterocycles. The highest BCUT2D eigenvalue weighted by Gasteiger charge is 2.11. The number of nitrogens with one attached hydrogen (secondary N) is 1. The summed E-state index contributed by atoms with van der Waals surface area (Å²) in [6, 6.07) is 22.5. The van der Waals surface area contributed by atoms with Crippen molar-refractivity contribution >= 4 is 11.6 Å². The quantitative estimate of drug-likeness (QED) is 0.181. The monoisotopic (exact) mass is 532 g/mol. The molecule has 204 valence electrons. The van der Waals surface area contributed by atoms with E-state index in [4.69, 9.17) is 34.5 Å². The fourth-order valence-corrected chi connectivity index (χ4v) is 3.82. The van der Waals surface area contributed by atoms with Crippen molar-refractivity contribution < 1.29 is 29.5 Å². The number of rotatable bonds is 15. The molecule has 3 aromatic carbocycles. The van der Waals surface area contributed by atoms with Crippen molar-refractivity contribution in [2.75, 3.05) is 45.0 Å². The molecule has 0 saturated heterocycles.